The molecular formula is C21H21F2N3O2S2. The highest BCUT2D eigenvalue weighted by atomic mass is 32.2. The van der Waals surface area contributed by atoms with Gasteiger partial charge in [0.1, 0.15) is 16.5 Å². The molecule has 2 aromatic carbocycles. The summed E-state index contributed by atoms with van der Waals surface area (Å²) in [6.07, 6.45) is 0. The van der Waals surface area contributed by atoms with Crippen LogP contribution in [-0.4, -0.2) is 43.9 Å². The molecule has 4 rings (SSSR count). The number of hydrogen-bond acceptors (Lipinski definition) is 5. The second-order valence-electron chi connectivity index (χ2n) is 7.25. The van der Waals surface area contributed by atoms with Gasteiger partial charge in [0.15, 0.2) is 5.13 Å². The molecule has 3 aromatic rings. The standard InChI is InChI=1S/C21H21F2N3O2S2/c1-14-4-3-5-15(2)20(14)18-13-29-21(24-18)25-8-10-26(11-9-25)30(27,28)19-7-6-16(22)12-17(19)23/h3-7,12-13H,8-11H2,1-2H3. The third-order valence-electron chi connectivity index (χ3n) is 5.25. The minimum Gasteiger partial charge on any atom is -0.345 e. The van der Waals surface area contributed by atoms with Gasteiger partial charge in [-0.1, -0.05) is 18.2 Å². The molecule has 0 spiro atoms. The SMILES string of the molecule is Cc1cccc(C)c1-c1csc(N2CCN(S(=O)(=O)c3ccc(F)cc3F)CC2)n1. The number of sulfonamides is 1. The van der Waals surface area contributed by atoms with Crippen LogP contribution in [0.25, 0.3) is 11.3 Å². The van der Waals surface area contributed by atoms with Gasteiger partial charge in [-0.3, -0.25) is 0 Å². The van der Waals surface area contributed by atoms with Gasteiger partial charge in [-0.2, -0.15) is 4.31 Å². The Balaban J connectivity index is 1.50. The maximum absolute atomic E-state index is 14.0. The lowest BCUT2D eigenvalue weighted by molar-refractivity contribution is 0.382. The van der Waals surface area contributed by atoms with Crippen molar-refractivity contribution in [3.05, 3.63) is 64.5 Å². The van der Waals surface area contributed by atoms with Crippen LogP contribution in [0.1, 0.15) is 11.1 Å². The molecule has 0 bridgehead atoms. The number of rotatable bonds is 4. The highest BCUT2D eigenvalue weighted by molar-refractivity contribution is 7.89. The van der Waals surface area contributed by atoms with Gasteiger partial charge < -0.3 is 4.90 Å². The number of aromatic nitrogens is 1. The van der Waals surface area contributed by atoms with E-state index in [1.807, 2.05) is 16.3 Å². The average Bonchev–Trinajstić information content (AvgIpc) is 3.17. The van der Waals surface area contributed by atoms with Gasteiger partial charge in [-0.05, 0) is 37.1 Å². The molecule has 1 fully saturated rings. The molecule has 2 heterocycles. The molecule has 1 aromatic heterocycles. The molecule has 1 aliphatic heterocycles. The van der Waals surface area contributed by atoms with E-state index < -0.39 is 26.6 Å². The van der Waals surface area contributed by atoms with Gasteiger partial charge in [0.25, 0.3) is 0 Å². The lowest BCUT2D eigenvalue weighted by Crippen LogP contribution is -2.48. The molecule has 158 valence electrons. The fourth-order valence-corrected chi connectivity index (χ4v) is 6.02. The lowest BCUT2D eigenvalue weighted by Gasteiger charge is -2.33. The van der Waals surface area contributed by atoms with E-state index in [9.17, 15) is 17.2 Å². The van der Waals surface area contributed by atoms with Gasteiger partial charge in [0.05, 0.1) is 5.69 Å². The molecule has 9 heteroatoms. The fraction of sp³-hybridized carbons (Fsp3) is 0.286. The van der Waals surface area contributed by atoms with Crippen LogP contribution < -0.4 is 4.90 Å². The summed E-state index contributed by atoms with van der Waals surface area (Å²) < 4.78 is 53.9. The Bertz CT molecular complexity index is 1170. The maximum atomic E-state index is 14.0. The molecular weight excluding hydrogens is 428 g/mol. The zero-order valence-corrected chi connectivity index (χ0v) is 18.2. The zero-order valence-electron chi connectivity index (χ0n) is 16.6. The van der Waals surface area contributed by atoms with Crippen LogP contribution in [0.3, 0.4) is 0 Å². The van der Waals surface area contributed by atoms with Crippen LogP contribution >= 0.6 is 11.3 Å². The van der Waals surface area contributed by atoms with E-state index in [0.717, 1.165) is 39.6 Å². The second-order valence-corrected chi connectivity index (χ2v) is 9.99. The van der Waals surface area contributed by atoms with E-state index in [1.54, 1.807) is 0 Å². The number of nitrogens with zero attached hydrogens (tertiary/aromatic N) is 3. The summed E-state index contributed by atoms with van der Waals surface area (Å²) in [7, 11) is -4.02. The van der Waals surface area contributed by atoms with Gasteiger partial charge in [0.2, 0.25) is 10.0 Å². The minimum absolute atomic E-state index is 0.206. The van der Waals surface area contributed by atoms with E-state index in [0.29, 0.717) is 19.2 Å². The molecule has 0 amide bonds. The summed E-state index contributed by atoms with van der Waals surface area (Å²) in [4.78, 5) is 6.31. The number of piperazine rings is 1. The van der Waals surface area contributed by atoms with Crippen LogP contribution in [0.5, 0.6) is 0 Å². The molecule has 30 heavy (non-hydrogen) atoms. The lowest BCUT2D eigenvalue weighted by atomic mass is 10.0. The Morgan fingerprint density at radius 3 is 2.30 bits per heavy atom. The smallest absolute Gasteiger partial charge is 0.246 e. The topological polar surface area (TPSA) is 53.5 Å². The van der Waals surface area contributed by atoms with Crippen molar-refractivity contribution in [2.75, 3.05) is 31.1 Å². The third kappa shape index (κ3) is 3.84. The summed E-state index contributed by atoms with van der Waals surface area (Å²) in [5, 5.41) is 2.85. The van der Waals surface area contributed by atoms with Crippen molar-refractivity contribution in [2.45, 2.75) is 18.7 Å². The van der Waals surface area contributed by atoms with Crippen molar-refractivity contribution >= 4 is 26.5 Å². The number of halogens is 2. The summed E-state index contributed by atoms with van der Waals surface area (Å²) in [6.45, 7) is 5.41. The van der Waals surface area contributed by atoms with Crippen molar-refractivity contribution in [3.63, 3.8) is 0 Å². The Hall–Kier alpha value is -2.36. The van der Waals surface area contributed by atoms with Crippen molar-refractivity contribution in [1.82, 2.24) is 9.29 Å². The van der Waals surface area contributed by atoms with E-state index in [1.165, 1.54) is 15.6 Å². The second kappa shape index (κ2) is 8.05. The molecule has 0 radical (unpaired) electrons. The number of benzene rings is 2. The number of thiazole rings is 1. The number of hydrogen-bond donors (Lipinski definition) is 0. The minimum atomic E-state index is -4.02. The van der Waals surface area contributed by atoms with Gasteiger partial charge in [0, 0.05) is 43.2 Å². The fourth-order valence-electron chi connectivity index (χ4n) is 3.69. The van der Waals surface area contributed by atoms with Crippen LogP contribution in [-0.2, 0) is 10.0 Å². The summed E-state index contributed by atoms with van der Waals surface area (Å²) in [5.41, 5.74) is 4.34. The number of aryl methyl sites for hydroxylation is 2. The van der Waals surface area contributed by atoms with E-state index in [4.69, 9.17) is 4.98 Å². The predicted molar refractivity (Wildman–Crippen MR) is 114 cm³/mol. The van der Waals surface area contributed by atoms with Gasteiger partial charge in [-0.25, -0.2) is 22.2 Å². The molecule has 0 saturated carbocycles. The average molecular weight is 450 g/mol. The third-order valence-corrected chi connectivity index (χ3v) is 8.08. The first kappa shape index (κ1) is 20.9. The highest BCUT2D eigenvalue weighted by Gasteiger charge is 2.31. The first-order valence-corrected chi connectivity index (χ1v) is 11.8. The monoisotopic (exact) mass is 449 g/mol. The molecule has 0 aliphatic carbocycles. The molecule has 1 saturated heterocycles. The van der Waals surface area contributed by atoms with Crippen molar-refractivity contribution in [2.24, 2.45) is 0 Å². The number of anilines is 1. The normalized spacial score (nSPS) is 15.5. The first-order chi connectivity index (χ1) is 14.3. The quantitative estimate of drug-likeness (QED) is 0.599. The summed E-state index contributed by atoms with van der Waals surface area (Å²) >= 11 is 1.52. The van der Waals surface area contributed by atoms with E-state index in [-0.39, 0.29) is 13.1 Å². The van der Waals surface area contributed by atoms with Crippen LogP contribution in [0, 0.1) is 25.5 Å². The largest absolute Gasteiger partial charge is 0.345 e. The van der Waals surface area contributed by atoms with Crippen molar-refractivity contribution in [3.8, 4) is 11.3 Å². The van der Waals surface area contributed by atoms with Crippen LogP contribution in [0.4, 0.5) is 13.9 Å². The van der Waals surface area contributed by atoms with Crippen molar-refractivity contribution in [1.29, 1.82) is 0 Å². The van der Waals surface area contributed by atoms with Crippen molar-refractivity contribution < 1.29 is 17.2 Å². The predicted octanol–water partition coefficient (Wildman–Crippen LogP) is 4.22. The maximum Gasteiger partial charge on any atom is 0.246 e. The molecule has 5 nitrogen and oxygen atoms in total. The Labute approximate surface area is 178 Å². The Morgan fingerprint density at radius 2 is 1.67 bits per heavy atom. The summed E-state index contributed by atoms with van der Waals surface area (Å²) in [6, 6.07) is 8.65. The van der Waals surface area contributed by atoms with Gasteiger partial charge >= 0.3 is 0 Å². The molecule has 0 N–H and O–H groups in total. The Kier molecular flexibility index (Phi) is 5.61. The van der Waals surface area contributed by atoms with E-state index >= 15 is 0 Å². The Morgan fingerprint density at radius 1 is 1.00 bits per heavy atom. The highest BCUT2D eigenvalue weighted by Crippen LogP contribution is 2.32. The van der Waals surface area contributed by atoms with Gasteiger partial charge in [-0.15, -0.1) is 11.3 Å². The van der Waals surface area contributed by atoms with E-state index in [2.05, 4.69) is 26.0 Å². The van der Waals surface area contributed by atoms with Crippen LogP contribution in [0.2, 0.25) is 0 Å². The van der Waals surface area contributed by atoms with Crippen LogP contribution in [0.15, 0.2) is 46.7 Å². The molecule has 1 aliphatic rings. The zero-order chi connectivity index (χ0) is 21.5. The molecule has 0 atom stereocenters. The summed E-state index contributed by atoms with van der Waals surface area (Å²) in [5.74, 6) is -1.88. The first-order valence-electron chi connectivity index (χ1n) is 9.49. The molecule has 0 unspecified atom stereocenters.